The molecule has 0 saturated carbocycles. The maximum atomic E-state index is 12.6. The van der Waals surface area contributed by atoms with Gasteiger partial charge in [0.2, 0.25) is 0 Å². The Bertz CT molecular complexity index is 634. The fourth-order valence-electron chi connectivity index (χ4n) is 2.60. The van der Waals surface area contributed by atoms with Crippen LogP contribution in [-0.4, -0.2) is 37.3 Å². The number of carbonyl (C=O) groups excluding carboxylic acids is 1. The van der Waals surface area contributed by atoms with Crippen LogP contribution in [0.15, 0.2) is 28.9 Å². The third-order valence-electron chi connectivity index (χ3n) is 3.60. The molecule has 2 aliphatic heterocycles. The van der Waals surface area contributed by atoms with Gasteiger partial charge >= 0.3 is 0 Å². The van der Waals surface area contributed by atoms with Crippen molar-refractivity contribution in [3.05, 3.63) is 29.5 Å². The van der Waals surface area contributed by atoms with Gasteiger partial charge in [0.15, 0.2) is 11.5 Å². The number of carbonyl (C=O) groups is 1. The Morgan fingerprint density at radius 2 is 1.95 bits per heavy atom. The van der Waals surface area contributed by atoms with Gasteiger partial charge in [0.1, 0.15) is 0 Å². The molecule has 0 N–H and O–H groups in total. The lowest BCUT2D eigenvalue weighted by molar-refractivity contribution is 0.0817. The van der Waals surface area contributed by atoms with Crippen molar-refractivity contribution in [3.8, 4) is 11.5 Å². The number of aliphatic imine (C=N–C) groups is 1. The molecule has 5 nitrogen and oxygen atoms in total. The first-order chi connectivity index (χ1) is 9.63. The highest BCUT2D eigenvalue weighted by atomic mass is 16.5. The van der Waals surface area contributed by atoms with Crippen molar-refractivity contribution in [2.45, 2.75) is 19.4 Å². The zero-order valence-corrected chi connectivity index (χ0v) is 11.7. The predicted octanol–water partition coefficient (Wildman–Crippen LogP) is 2.54. The van der Waals surface area contributed by atoms with Crippen molar-refractivity contribution in [2.24, 2.45) is 4.99 Å². The topological polar surface area (TPSA) is 51.1 Å². The Balaban J connectivity index is 2.12. The van der Waals surface area contributed by atoms with Crippen LogP contribution in [-0.2, 0) is 0 Å². The van der Waals surface area contributed by atoms with Gasteiger partial charge in [-0.25, -0.2) is 0 Å². The number of benzene rings is 1. The first kappa shape index (κ1) is 12.7. The molecule has 1 aromatic carbocycles. The van der Waals surface area contributed by atoms with Gasteiger partial charge in [-0.3, -0.25) is 9.79 Å². The maximum Gasteiger partial charge on any atom is 0.260 e. The molecule has 1 amide bonds. The number of ether oxygens (including phenoxy) is 2. The molecule has 0 unspecified atom stereocenters. The van der Waals surface area contributed by atoms with E-state index in [1.54, 1.807) is 31.3 Å². The lowest BCUT2D eigenvalue weighted by Gasteiger charge is -2.19. The maximum absolute atomic E-state index is 12.6. The molecule has 1 atom stereocenters. The summed E-state index contributed by atoms with van der Waals surface area (Å²) in [5.74, 6) is 1.05. The minimum absolute atomic E-state index is 0.00638. The highest BCUT2D eigenvalue weighted by molar-refractivity contribution is 6.04. The Labute approximate surface area is 117 Å². The first-order valence-electron chi connectivity index (χ1n) is 6.44. The summed E-state index contributed by atoms with van der Waals surface area (Å²) in [5.41, 5.74) is 2.33. The summed E-state index contributed by atoms with van der Waals surface area (Å²) in [6.45, 7) is 2.02. The van der Waals surface area contributed by atoms with E-state index >= 15 is 0 Å². The molecule has 0 radical (unpaired) electrons. The van der Waals surface area contributed by atoms with Crippen molar-refractivity contribution in [2.75, 3.05) is 14.2 Å². The molecule has 1 aromatic rings. The summed E-state index contributed by atoms with van der Waals surface area (Å²) >= 11 is 0. The molecule has 2 aliphatic rings. The van der Waals surface area contributed by atoms with Gasteiger partial charge in [0.25, 0.3) is 5.91 Å². The zero-order valence-electron chi connectivity index (χ0n) is 11.7. The summed E-state index contributed by atoms with van der Waals surface area (Å²) in [7, 11) is 3.12. The lowest BCUT2D eigenvalue weighted by Crippen LogP contribution is -2.32. The highest BCUT2D eigenvalue weighted by Gasteiger charge is 2.31. The van der Waals surface area contributed by atoms with Crippen molar-refractivity contribution < 1.29 is 14.3 Å². The largest absolute Gasteiger partial charge is 0.493 e. The molecule has 0 bridgehead atoms. The number of hydrogen-bond acceptors (Lipinski definition) is 4. The van der Waals surface area contributed by atoms with E-state index in [4.69, 9.17) is 9.47 Å². The number of hydrogen-bond donors (Lipinski definition) is 0. The summed E-state index contributed by atoms with van der Waals surface area (Å²) in [6, 6.07) is 3.44. The Morgan fingerprint density at radius 3 is 2.65 bits per heavy atom. The van der Waals surface area contributed by atoms with Crippen molar-refractivity contribution in [1.29, 1.82) is 0 Å². The number of nitrogens with zero attached hydrogens (tertiary/aromatic N) is 2. The number of rotatable bonds is 2. The minimum Gasteiger partial charge on any atom is -0.493 e. The molecule has 0 saturated heterocycles. The van der Waals surface area contributed by atoms with E-state index in [-0.39, 0.29) is 11.9 Å². The number of amides is 1. The van der Waals surface area contributed by atoms with Crippen molar-refractivity contribution >= 4 is 17.8 Å². The van der Waals surface area contributed by atoms with Gasteiger partial charge in [-0.05, 0) is 19.4 Å². The van der Waals surface area contributed by atoms with Gasteiger partial charge in [-0.2, -0.15) is 0 Å². The van der Waals surface area contributed by atoms with E-state index in [9.17, 15) is 4.79 Å². The minimum atomic E-state index is -0.0553. The van der Waals surface area contributed by atoms with Gasteiger partial charge < -0.3 is 14.4 Å². The van der Waals surface area contributed by atoms with Crippen LogP contribution in [0, 0.1) is 0 Å². The SMILES string of the molecule is COc1cc2c(cc1OC)C(=O)N1C=C(C)C[C@H]1C=N2. The third kappa shape index (κ3) is 1.86. The average molecular weight is 272 g/mol. The highest BCUT2D eigenvalue weighted by Crippen LogP contribution is 2.38. The molecule has 3 rings (SSSR count). The first-order valence-corrected chi connectivity index (χ1v) is 6.44. The zero-order chi connectivity index (χ0) is 14.3. The fraction of sp³-hybridized carbons (Fsp3) is 0.333. The van der Waals surface area contributed by atoms with E-state index < -0.39 is 0 Å². The lowest BCUT2D eigenvalue weighted by atomic mass is 10.1. The van der Waals surface area contributed by atoms with E-state index in [0.29, 0.717) is 22.7 Å². The fourth-order valence-corrected chi connectivity index (χ4v) is 2.60. The molecule has 0 aliphatic carbocycles. The summed E-state index contributed by atoms with van der Waals surface area (Å²) in [6.07, 6.45) is 4.55. The van der Waals surface area contributed by atoms with E-state index in [1.807, 2.05) is 19.3 Å². The van der Waals surface area contributed by atoms with Crippen LogP contribution >= 0.6 is 0 Å². The second kappa shape index (κ2) is 4.67. The monoisotopic (exact) mass is 272 g/mol. The summed E-state index contributed by atoms with van der Waals surface area (Å²) in [4.78, 5) is 18.8. The molecule has 0 aromatic heterocycles. The second-order valence-electron chi connectivity index (χ2n) is 4.96. The van der Waals surface area contributed by atoms with Crippen LogP contribution < -0.4 is 9.47 Å². The number of fused-ring (bicyclic) bond motifs is 2. The van der Waals surface area contributed by atoms with Crippen LogP contribution in [0.3, 0.4) is 0 Å². The van der Waals surface area contributed by atoms with Crippen molar-refractivity contribution in [1.82, 2.24) is 4.90 Å². The molecular weight excluding hydrogens is 256 g/mol. The molecule has 0 spiro atoms. The van der Waals surface area contributed by atoms with Crippen LogP contribution in [0.1, 0.15) is 23.7 Å². The van der Waals surface area contributed by atoms with Crippen LogP contribution in [0.2, 0.25) is 0 Å². The van der Waals surface area contributed by atoms with Crippen LogP contribution in [0.5, 0.6) is 11.5 Å². The third-order valence-corrected chi connectivity index (χ3v) is 3.60. The van der Waals surface area contributed by atoms with Gasteiger partial charge in [-0.1, -0.05) is 5.57 Å². The molecule has 5 heteroatoms. The normalized spacial score (nSPS) is 20.1. The van der Waals surface area contributed by atoms with E-state index in [0.717, 1.165) is 6.42 Å². The van der Waals surface area contributed by atoms with Gasteiger partial charge in [0, 0.05) is 18.5 Å². The van der Waals surface area contributed by atoms with Crippen LogP contribution in [0.4, 0.5) is 5.69 Å². The molecule has 20 heavy (non-hydrogen) atoms. The molecule has 2 heterocycles. The quantitative estimate of drug-likeness (QED) is 0.831. The predicted molar refractivity (Wildman–Crippen MR) is 76.0 cm³/mol. The average Bonchev–Trinajstić information content (AvgIpc) is 2.79. The van der Waals surface area contributed by atoms with E-state index in [2.05, 4.69) is 4.99 Å². The smallest absolute Gasteiger partial charge is 0.260 e. The molecular formula is C15H16N2O3. The molecule has 104 valence electrons. The van der Waals surface area contributed by atoms with Gasteiger partial charge in [0.05, 0.1) is 31.5 Å². The standard InChI is InChI=1S/C15H16N2O3/c1-9-4-10-7-16-12-6-14(20-3)13(19-2)5-11(12)15(18)17(10)8-9/h5-8,10H,4H2,1-3H3/t10-/m0/s1. The summed E-state index contributed by atoms with van der Waals surface area (Å²) in [5, 5.41) is 0. The Hall–Kier alpha value is -2.30. The number of methoxy groups -OCH3 is 2. The second-order valence-corrected chi connectivity index (χ2v) is 4.96. The summed E-state index contributed by atoms with van der Waals surface area (Å²) < 4.78 is 10.5. The Kier molecular flexibility index (Phi) is 2.97. The van der Waals surface area contributed by atoms with Crippen molar-refractivity contribution in [3.63, 3.8) is 0 Å². The van der Waals surface area contributed by atoms with E-state index in [1.165, 1.54) is 5.57 Å². The Morgan fingerprint density at radius 1 is 1.25 bits per heavy atom. The van der Waals surface area contributed by atoms with Gasteiger partial charge in [-0.15, -0.1) is 0 Å². The molecule has 0 fully saturated rings. The van der Waals surface area contributed by atoms with Crippen LogP contribution in [0.25, 0.3) is 0 Å².